The van der Waals surface area contributed by atoms with E-state index in [-0.39, 0.29) is 18.3 Å². The molecule has 0 saturated carbocycles. The predicted molar refractivity (Wildman–Crippen MR) is 106 cm³/mol. The maximum absolute atomic E-state index is 12.0. The summed E-state index contributed by atoms with van der Waals surface area (Å²) in [6, 6.07) is 19.5. The van der Waals surface area contributed by atoms with E-state index < -0.39 is 0 Å². The van der Waals surface area contributed by atoms with Crippen LogP contribution in [-0.4, -0.2) is 36.7 Å². The minimum atomic E-state index is -0.308. The Kier molecular flexibility index (Phi) is 5.58. The Hall–Kier alpha value is -3.26. The summed E-state index contributed by atoms with van der Waals surface area (Å²) >= 11 is 1.27. The Morgan fingerprint density at radius 3 is 2.43 bits per heavy atom. The number of esters is 1. The Balaban J connectivity index is 1.41. The van der Waals surface area contributed by atoms with Gasteiger partial charge in [0, 0.05) is 0 Å². The molecule has 0 atom stereocenters. The molecule has 2 heterocycles. The van der Waals surface area contributed by atoms with Crippen LogP contribution >= 0.6 is 11.8 Å². The van der Waals surface area contributed by atoms with Crippen LogP contribution < -0.4 is 0 Å². The Morgan fingerprint density at radius 2 is 1.68 bits per heavy atom. The zero-order valence-electron chi connectivity index (χ0n) is 14.9. The van der Waals surface area contributed by atoms with Crippen molar-refractivity contribution in [3.8, 4) is 0 Å². The van der Waals surface area contributed by atoms with Crippen molar-refractivity contribution >= 4 is 28.9 Å². The Morgan fingerprint density at radius 1 is 0.964 bits per heavy atom. The van der Waals surface area contributed by atoms with Crippen molar-refractivity contribution in [3.63, 3.8) is 0 Å². The van der Waals surface area contributed by atoms with Crippen molar-refractivity contribution in [3.05, 3.63) is 78.1 Å². The van der Waals surface area contributed by atoms with Crippen molar-refractivity contribution in [1.29, 1.82) is 0 Å². The summed E-state index contributed by atoms with van der Waals surface area (Å²) in [4.78, 5) is 20.6. The highest BCUT2D eigenvalue weighted by Crippen LogP contribution is 2.23. The van der Waals surface area contributed by atoms with E-state index in [0.717, 1.165) is 11.1 Å². The largest absolute Gasteiger partial charge is 0.460 e. The first-order valence-corrected chi connectivity index (χ1v) is 9.68. The minimum Gasteiger partial charge on any atom is -0.460 e. The van der Waals surface area contributed by atoms with Crippen molar-refractivity contribution < 1.29 is 9.53 Å². The standard InChI is InChI=1S/C20H17N5O2S/c26-17(27-12-16-9-5-2-6-10-16)13-28-20-18-19(21-14-22-20)25(24-23-18)11-15-7-3-1-4-8-15/h1-10,14H,11-13H2. The van der Waals surface area contributed by atoms with E-state index in [9.17, 15) is 4.79 Å². The lowest BCUT2D eigenvalue weighted by Crippen LogP contribution is -2.07. The molecule has 2 aromatic heterocycles. The van der Waals surface area contributed by atoms with Gasteiger partial charge in [0.2, 0.25) is 0 Å². The summed E-state index contributed by atoms with van der Waals surface area (Å²) in [6.45, 7) is 0.824. The van der Waals surface area contributed by atoms with Gasteiger partial charge in [-0.1, -0.05) is 77.6 Å². The number of rotatable bonds is 7. The smallest absolute Gasteiger partial charge is 0.316 e. The molecule has 0 bridgehead atoms. The molecule has 0 saturated heterocycles. The van der Waals surface area contributed by atoms with Gasteiger partial charge in [0.25, 0.3) is 0 Å². The van der Waals surface area contributed by atoms with Gasteiger partial charge in [-0.15, -0.1) is 5.10 Å². The van der Waals surface area contributed by atoms with Gasteiger partial charge >= 0.3 is 5.97 Å². The second-order valence-electron chi connectivity index (χ2n) is 6.02. The molecule has 140 valence electrons. The second-order valence-corrected chi connectivity index (χ2v) is 6.98. The van der Waals surface area contributed by atoms with Crippen LogP contribution in [0.2, 0.25) is 0 Å². The van der Waals surface area contributed by atoms with Crippen molar-refractivity contribution in [2.45, 2.75) is 18.2 Å². The van der Waals surface area contributed by atoms with Crippen molar-refractivity contribution in [2.24, 2.45) is 0 Å². The number of nitrogens with zero attached hydrogens (tertiary/aromatic N) is 5. The number of fused-ring (bicyclic) bond motifs is 1. The molecule has 0 aliphatic heterocycles. The van der Waals surface area contributed by atoms with E-state index in [0.29, 0.717) is 22.7 Å². The van der Waals surface area contributed by atoms with E-state index in [1.54, 1.807) is 4.68 Å². The SMILES string of the molecule is O=C(CSc1ncnc2c1nnn2Cc1ccccc1)OCc1ccccc1. The first-order chi connectivity index (χ1) is 13.8. The lowest BCUT2D eigenvalue weighted by Gasteiger charge is -2.05. The number of aromatic nitrogens is 5. The molecule has 0 aliphatic carbocycles. The molecule has 0 unspecified atom stereocenters. The summed E-state index contributed by atoms with van der Waals surface area (Å²) in [5, 5.41) is 9.00. The fourth-order valence-electron chi connectivity index (χ4n) is 2.65. The maximum Gasteiger partial charge on any atom is 0.316 e. The van der Waals surface area contributed by atoms with Crippen LogP contribution in [0, 0.1) is 0 Å². The Bertz CT molecular complexity index is 1070. The van der Waals surface area contributed by atoms with Crippen LogP contribution in [0.15, 0.2) is 72.0 Å². The molecule has 0 N–H and O–H groups in total. The highest BCUT2D eigenvalue weighted by Gasteiger charge is 2.14. The van der Waals surface area contributed by atoms with Crippen molar-refractivity contribution in [1.82, 2.24) is 25.0 Å². The van der Waals surface area contributed by atoms with Gasteiger partial charge in [-0.05, 0) is 11.1 Å². The lowest BCUT2D eigenvalue weighted by atomic mass is 10.2. The number of thioether (sulfide) groups is 1. The number of carbonyl (C=O) groups is 1. The number of hydrogen-bond acceptors (Lipinski definition) is 7. The van der Waals surface area contributed by atoms with Gasteiger partial charge in [-0.25, -0.2) is 14.6 Å². The number of carbonyl (C=O) groups excluding carboxylic acids is 1. The van der Waals surface area contributed by atoms with Gasteiger partial charge in [0.15, 0.2) is 11.2 Å². The van der Waals surface area contributed by atoms with Crippen LogP contribution in [0.5, 0.6) is 0 Å². The van der Waals surface area contributed by atoms with E-state index in [1.807, 2.05) is 60.7 Å². The normalized spacial score (nSPS) is 10.9. The predicted octanol–water partition coefficient (Wildman–Crippen LogP) is 3.11. The first kappa shape index (κ1) is 18.1. The number of hydrogen-bond donors (Lipinski definition) is 0. The fourth-order valence-corrected chi connectivity index (χ4v) is 3.38. The average molecular weight is 391 g/mol. The van der Waals surface area contributed by atoms with Gasteiger partial charge in [-0.2, -0.15) is 0 Å². The zero-order chi connectivity index (χ0) is 19.2. The molecule has 0 aliphatic rings. The third-order valence-electron chi connectivity index (χ3n) is 4.01. The van der Waals surface area contributed by atoms with Crippen LogP contribution in [-0.2, 0) is 22.7 Å². The molecule has 8 heteroatoms. The third kappa shape index (κ3) is 4.34. The van der Waals surface area contributed by atoms with Crippen LogP contribution in [0.3, 0.4) is 0 Å². The molecule has 0 spiro atoms. The van der Waals surface area contributed by atoms with E-state index in [4.69, 9.17) is 4.74 Å². The van der Waals surface area contributed by atoms with Crippen molar-refractivity contribution in [2.75, 3.05) is 5.75 Å². The summed E-state index contributed by atoms with van der Waals surface area (Å²) < 4.78 is 7.03. The average Bonchev–Trinajstić information content (AvgIpc) is 3.15. The molecule has 0 fully saturated rings. The summed E-state index contributed by atoms with van der Waals surface area (Å²) in [6.07, 6.45) is 1.46. The summed E-state index contributed by atoms with van der Waals surface area (Å²) in [5.41, 5.74) is 3.28. The number of benzene rings is 2. The molecule has 4 aromatic rings. The summed E-state index contributed by atoms with van der Waals surface area (Å²) in [7, 11) is 0. The Labute approximate surface area is 165 Å². The maximum atomic E-state index is 12.0. The second kappa shape index (κ2) is 8.62. The highest BCUT2D eigenvalue weighted by atomic mass is 32.2. The van der Waals surface area contributed by atoms with Crippen LogP contribution in [0.25, 0.3) is 11.2 Å². The van der Waals surface area contributed by atoms with Gasteiger partial charge in [0.05, 0.1) is 12.3 Å². The van der Waals surface area contributed by atoms with Gasteiger partial charge in [-0.3, -0.25) is 4.79 Å². The molecule has 28 heavy (non-hydrogen) atoms. The monoisotopic (exact) mass is 391 g/mol. The van der Waals surface area contributed by atoms with E-state index in [1.165, 1.54) is 18.1 Å². The van der Waals surface area contributed by atoms with E-state index >= 15 is 0 Å². The third-order valence-corrected chi connectivity index (χ3v) is 4.96. The number of ether oxygens (including phenoxy) is 1. The molecule has 0 radical (unpaired) electrons. The lowest BCUT2D eigenvalue weighted by molar-refractivity contribution is -0.141. The molecule has 2 aromatic carbocycles. The molecular weight excluding hydrogens is 374 g/mol. The molecule has 4 rings (SSSR count). The highest BCUT2D eigenvalue weighted by molar-refractivity contribution is 8.00. The fraction of sp³-hybridized carbons (Fsp3) is 0.150. The van der Waals surface area contributed by atoms with E-state index in [2.05, 4.69) is 20.3 Å². The molecule has 7 nitrogen and oxygen atoms in total. The molecular formula is C20H17N5O2S. The first-order valence-electron chi connectivity index (χ1n) is 8.70. The minimum absolute atomic E-state index is 0.143. The topological polar surface area (TPSA) is 82.8 Å². The van der Waals surface area contributed by atoms with Gasteiger partial charge < -0.3 is 4.74 Å². The molecule has 0 amide bonds. The quantitative estimate of drug-likeness (QED) is 0.272. The summed E-state index contributed by atoms with van der Waals surface area (Å²) in [5.74, 6) is -0.165. The van der Waals surface area contributed by atoms with Gasteiger partial charge in [0.1, 0.15) is 18.0 Å². The van der Waals surface area contributed by atoms with Crippen LogP contribution in [0.1, 0.15) is 11.1 Å². The zero-order valence-corrected chi connectivity index (χ0v) is 15.7. The van der Waals surface area contributed by atoms with Crippen LogP contribution in [0.4, 0.5) is 0 Å².